The van der Waals surface area contributed by atoms with E-state index in [1.54, 1.807) is 7.11 Å². The van der Waals surface area contributed by atoms with Gasteiger partial charge in [0.15, 0.2) is 5.11 Å². The molecule has 0 heterocycles. The van der Waals surface area contributed by atoms with Crippen molar-refractivity contribution in [3.05, 3.63) is 28.2 Å². The van der Waals surface area contributed by atoms with Crippen molar-refractivity contribution >= 4 is 33.3 Å². The van der Waals surface area contributed by atoms with Crippen LogP contribution in [0.4, 0.5) is 0 Å². The molecule has 0 spiro atoms. The van der Waals surface area contributed by atoms with Gasteiger partial charge in [0.2, 0.25) is 0 Å². The lowest BCUT2D eigenvalue weighted by molar-refractivity contribution is 0.397. The molecule has 0 aliphatic heterocycles. The van der Waals surface area contributed by atoms with Gasteiger partial charge in [-0.15, -0.1) is 0 Å². The van der Waals surface area contributed by atoms with Crippen LogP contribution in [0.15, 0.2) is 22.7 Å². The number of rotatable bonds is 6. The van der Waals surface area contributed by atoms with E-state index in [1.807, 2.05) is 24.1 Å². The standard InChI is InChI=1S/C14H21BrN2OS/c1-4-5-8-16-14(19)17(2)10-11-9-12(15)6-7-13(11)18-3/h6-7,9H,4-5,8,10H2,1-3H3,(H,16,19). The van der Waals surface area contributed by atoms with Gasteiger partial charge in [-0.1, -0.05) is 29.3 Å². The minimum absolute atomic E-state index is 0.723. The predicted molar refractivity (Wildman–Crippen MR) is 87.7 cm³/mol. The molecule has 19 heavy (non-hydrogen) atoms. The number of hydrogen-bond donors (Lipinski definition) is 1. The lowest BCUT2D eigenvalue weighted by atomic mass is 10.2. The lowest BCUT2D eigenvalue weighted by Gasteiger charge is -2.22. The molecule has 1 aromatic rings. The van der Waals surface area contributed by atoms with Crippen LogP contribution in [-0.2, 0) is 6.54 Å². The summed E-state index contributed by atoms with van der Waals surface area (Å²) in [5, 5.41) is 4.03. The highest BCUT2D eigenvalue weighted by Crippen LogP contribution is 2.24. The third-order valence-corrected chi connectivity index (χ3v) is 3.75. The Morgan fingerprint density at radius 3 is 2.84 bits per heavy atom. The number of ether oxygens (including phenoxy) is 1. The second-order valence-electron chi connectivity index (χ2n) is 4.40. The molecule has 0 aliphatic carbocycles. The molecule has 0 saturated carbocycles. The summed E-state index contributed by atoms with van der Waals surface area (Å²) in [6.07, 6.45) is 2.30. The number of hydrogen-bond acceptors (Lipinski definition) is 2. The molecule has 0 atom stereocenters. The summed E-state index contributed by atoms with van der Waals surface area (Å²) >= 11 is 8.85. The second-order valence-corrected chi connectivity index (χ2v) is 5.70. The van der Waals surface area contributed by atoms with E-state index in [0.29, 0.717) is 0 Å². The number of unbranched alkanes of at least 4 members (excludes halogenated alkanes) is 1. The molecular formula is C14H21BrN2OS. The van der Waals surface area contributed by atoms with Crippen LogP contribution in [0.25, 0.3) is 0 Å². The van der Waals surface area contributed by atoms with E-state index in [1.165, 1.54) is 6.42 Å². The lowest BCUT2D eigenvalue weighted by Crippen LogP contribution is -2.37. The number of thiocarbonyl (C=S) groups is 1. The highest BCUT2D eigenvalue weighted by atomic mass is 79.9. The molecule has 0 radical (unpaired) electrons. The Bertz CT molecular complexity index is 426. The van der Waals surface area contributed by atoms with Crippen LogP contribution in [0, 0.1) is 0 Å². The Morgan fingerprint density at radius 1 is 1.47 bits per heavy atom. The Kier molecular flexibility index (Phi) is 7.16. The Balaban J connectivity index is 2.62. The van der Waals surface area contributed by atoms with Crippen LogP contribution in [-0.4, -0.2) is 30.7 Å². The molecule has 0 aromatic heterocycles. The first-order chi connectivity index (χ1) is 9.08. The summed E-state index contributed by atoms with van der Waals surface area (Å²) in [6, 6.07) is 5.99. The van der Waals surface area contributed by atoms with Gasteiger partial charge in [0.05, 0.1) is 7.11 Å². The number of halogens is 1. The van der Waals surface area contributed by atoms with Gasteiger partial charge in [-0.25, -0.2) is 0 Å². The highest BCUT2D eigenvalue weighted by molar-refractivity contribution is 9.10. The molecule has 0 fully saturated rings. The maximum absolute atomic E-state index is 5.37. The summed E-state index contributed by atoms with van der Waals surface area (Å²) in [7, 11) is 3.67. The van der Waals surface area contributed by atoms with Crippen molar-refractivity contribution < 1.29 is 4.74 Å². The first-order valence-electron chi connectivity index (χ1n) is 6.39. The molecule has 1 aromatic carbocycles. The van der Waals surface area contributed by atoms with Crippen LogP contribution in [0.5, 0.6) is 5.75 Å². The maximum atomic E-state index is 5.37. The summed E-state index contributed by atoms with van der Waals surface area (Å²) < 4.78 is 6.41. The van der Waals surface area contributed by atoms with Crippen LogP contribution < -0.4 is 10.1 Å². The minimum atomic E-state index is 0.723. The number of nitrogens with one attached hydrogen (secondary N) is 1. The summed E-state index contributed by atoms with van der Waals surface area (Å²) in [4.78, 5) is 2.02. The number of benzene rings is 1. The van der Waals surface area contributed by atoms with E-state index in [4.69, 9.17) is 17.0 Å². The SMILES string of the molecule is CCCCNC(=S)N(C)Cc1cc(Br)ccc1OC. The zero-order valence-corrected chi connectivity index (χ0v) is 14.1. The average Bonchev–Trinajstić information content (AvgIpc) is 2.39. The molecule has 1 rings (SSSR count). The van der Waals surface area contributed by atoms with E-state index in [0.717, 1.165) is 40.4 Å². The van der Waals surface area contributed by atoms with Crippen molar-refractivity contribution in [1.29, 1.82) is 0 Å². The van der Waals surface area contributed by atoms with E-state index in [-0.39, 0.29) is 0 Å². The van der Waals surface area contributed by atoms with Crippen molar-refractivity contribution in [2.75, 3.05) is 20.7 Å². The van der Waals surface area contributed by atoms with Crippen LogP contribution in [0.2, 0.25) is 0 Å². The second kappa shape index (κ2) is 8.38. The highest BCUT2D eigenvalue weighted by Gasteiger charge is 2.09. The van der Waals surface area contributed by atoms with Gasteiger partial charge in [0.1, 0.15) is 5.75 Å². The molecule has 0 amide bonds. The van der Waals surface area contributed by atoms with Crippen molar-refractivity contribution in [3.63, 3.8) is 0 Å². The molecule has 5 heteroatoms. The first kappa shape index (κ1) is 16.2. The molecule has 106 valence electrons. The van der Waals surface area contributed by atoms with Gasteiger partial charge in [-0.2, -0.15) is 0 Å². The van der Waals surface area contributed by atoms with Crippen molar-refractivity contribution in [2.45, 2.75) is 26.3 Å². The first-order valence-corrected chi connectivity index (χ1v) is 7.60. The van der Waals surface area contributed by atoms with Crippen LogP contribution in [0.3, 0.4) is 0 Å². The molecule has 0 bridgehead atoms. The summed E-state index contributed by atoms with van der Waals surface area (Å²) in [5.41, 5.74) is 1.11. The molecule has 0 saturated heterocycles. The smallest absolute Gasteiger partial charge is 0.168 e. The van der Waals surface area contributed by atoms with E-state index < -0.39 is 0 Å². The Hall–Kier alpha value is -0.810. The minimum Gasteiger partial charge on any atom is -0.496 e. The van der Waals surface area contributed by atoms with Crippen molar-refractivity contribution in [3.8, 4) is 5.75 Å². The van der Waals surface area contributed by atoms with Crippen LogP contribution in [0.1, 0.15) is 25.3 Å². The van der Waals surface area contributed by atoms with E-state index in [2.05, 4.69) is 34.2 Å². The summed E-state index contributed by atoms with van der Waals surface area (Å²) in [5.74, 6) is 0.881. The fourth-order valence-electron chi connectivity index (χ4n) is 1.71. The molecular weight excluding hydrogens is 324 g/mol. The predicted octanol–water partition coefficient (Wildman–Crippen LogP) is 3.56. The van der Waals surface area contributed by atoms with Gasteiger partial charge in [0.25, 0.3) is 0 Å². The number of nitrogens with zero attached hydrogens (tertiary/aromatic N) is 1. The Morgan fingerprint density at radius 2 is 2.21 bits per heavy atom. The van der Waals surface area contributed by atoms with Crippen LogP contribution >= 0.6 is 28.1 Å². The monoisotopic (exact) mass is 344 g/mol. The molecule has 1 N–H and O–H groups in total. The maximum Gasteiger partial charge on any atom is 0.168 e. The Labute approximate surface area is 129 Å². The third kappa shape index (κ3) is 5.37. The van der Waals surface area contributed by atoms with Gasteiger partial charge < -0.3 is 15.0 Å². The van der Waals surface area contributed by atoms with Gasteiger partial charge >= 0.3 is 0 Å². The van der Waals surface area contributed by atoms with Crippen molar-refractivity contribution in [1.82, 2.24) is 10.2 Å². The van der Waals surface area contributed by atoms with E-state index in [9.17, 15) is 0 Å². The molecule has 3 nitrogen and oxygen atoms in total. The molecule has 0 aliphatic rings. The van der Waals surface area contributed by atoms with Gasteiger partial charge in [-0.05, 0) is 36.8 Å². The van der Waals surface area contributed by atoms with Gasteiger partial charge in [-0.3, -0.25) is 0 Å². The van der Waals surface area contributed by atoms with Crippen molar-refractivity contribution in [2.24, 2.45) is 0 Å². The zero-order chi connectivity index (χ0) is 14.3. The third-order valence-electron chi connectivity index (χ3n) is 2.80. The normalized spacial score (nSPS) is 10.1. The van der Waals surface area contributed by atoms with E-state index >= 15 is 0 Å². The molecule has 0 unspecified atom stereocenters. The quantitative estimate of drug-likeness (QED) is 0.629. The topological polar surface area (TPSA) is 24.5 Å². The fraction of sp³-hybridized carbons (Fsp3) is 0.500. The zero-order valence-electron chi connectivity index (χ0n) is 11.7. The number of methoxy groups -OCH3 is 1. The van der Waals surface area contributed by atoms with Gasteiger partial charge in [0, 0.05) is 30.2 Å². The average molecular weight is 345 g/mol. The summed E-state index contributed by atoms with van der Waals surface area (Å²) in [6.45, 7) is 3.82. The fourth-order valence-corrected chi connectivity index (χ4v) is 2.28. The largest absolute Gasteiger partial charge is 0.496 e.